The van der Waals surface area contributed by atoms with Crippen LogP contribution >= 0.6 is 0 Å². The molecule has 0 heterocycles. The van der Waals surface area contributed by atoms with Crippen molar-refractivity contribution < 1.29 is 5.11 Å². The Balaban J connectivity index is 2.25. The smallest absolute Gasteiger partial charge is 0.0743 e. The van der Waals surface area contributed by atoms with Gasteiger partial charge in [-0.05, 0) is 44.7 Å². The molecule has 0 bridgehead atoms. The number of aryl methyl sites for hydroxylation is 1. The Kier molecular flexibility index (Phi) is 3.49. The summed E-state index contributed by atoms with van der Waals surface area (Å²) in [4.78, 5) is 2.35. The van der Waals surface area contributed by atoms with Gasteiger partial charge in [-0.2, -0.15) is 0 Å². The molecule has 0 aliphatic heterocycles. The van der Waals surface area contributed by atoms with Crippen LogP contribution in [-0.4, -0.2) is 23.8 Å². The van der Waals surface area contributed by atoms with Gasteiger partial charge in [0, 0.05) is 12.2 Å². The summed E-state index contributed by atoms with van der Waals surface area (Å²) in [6, 6.07) is 8.75. The van der Waals surface area contributed by atoms with E-state index in [1.54, 1.807) is 0 Å². The van der Waals surface area contributed by atoms with E-state index in [9.17, 15) is 5.11 Å². The maximum absolute atomic E-state index is 10.0. The van der Waals surface area contributed by atoms with Crippen molar-refractivity contribution >= 4 is 5.69 Å². The van der Waals surface area contributed by atoms with Crippen LogP contribution in [0, 0.1) is 6.92 Å². The largest absolute Gasteiger partial charge is 0.391 e. The molecule has 0 radical (unpaired) electrons. The fraction of sp³-hybridized carbons (Fsp3) is 0.571. The molecule has 1 aliphatic rings. The SMILES string of the molecule is CCN(c1ccccc1C)[C@H]1CCC[C@@H]1O. The lowest BCUT2D eigenvalue weighted by molar-refractivity contribution is 0.161. The van der Waals surface area contributed by atoms with Gasteiger partial charge in [0.05, 0.1) is 12.1 Å². The van der Waals surface area contributed by atoms with Crippen molar-refractivity contribution in [2.24, 2.45) is 0 Å². The van der Waals surface area contributed by atoms with Gasteiger partial charge >= 0.3 is 0 Å². The molecule has 1 fully saturated rings. The third-order valence-corrected chi connectivity index (χ3v) is 3.61. The second-order valence-corrected chi connectivity index (χ2v) is 4.64. The minimum Gasteiger partial charge on any atom is -0.391 e. The molecule has 0 saturated heterocycles. The van der Waals surface area contributed by atoms with Crippen LogP contribution in [0.25, 0.3) is 0 Å². The Morgan fingerprint density at radius 3 is 2.62 bits per heavy atom. The number of anilines is 1. The Morgan fingerprint density at radius 1 is 1.31 bits per heavy atom. The summed E-state index contributed by atoms with van der Waals surface area (Å²) in [5, 5.41) is 10.0. The first-order chi connectivity index (χ1) is 7.74. The van der Waals surface area contributed by atoms with Crippen molar-refractivity contribution in [1.29, 1.82) is 0 Å². The van der Waals surface area contributed by atoms with Crippen LogP contribution < -0.4 is 4.90 Å². The predicted octanol–water partition coefficient (Wildman–Crippen LogP) is 2.73. The maximum atomic E-state index is 10.0. The number of benzene rings is 1. The van der Waals surface area contributed by atoms with Crippen LogP contribution in [0.4, 0.5) is 5.69 Å². The molecule has 2 heteroatoms. The second-order valence-electron chi connectivity index (χ2n) is 4.64. The zero-order valence-electron chi connectivity index (χ0n) is 10.2. The van der Waals surface area contributed by atoms with Crippen LogP contribution in [0.1, 0.15) is 31.7 Å². The molecule has 0 amide bonds. The van der Waals surface area contributed by atoms with Crippen molar-refractivity contribution in [2.75, 3.05) is 11.4 Å². The lowest BCUT2D eigenvalue weighted by Gasteiger charge is -2.33. The molecule has 88 valence electrons. The molecule has 2 nitrogen and oxygen atoms in total. The highest BCUT2D eigenvalue weighted by molar-refractivity contribution is 5.54. The summed E-state index contributed by atoms with van der Waals surface area (Å²) in [5.41, 5.74) is 2.57. The zero-order chi connectivity index (χ0) is 11.5. The van der Waals surface area contributed by atoms with Gasteiger partial charge in [-0.1, -0.05) is 18.2 Å². The molecule has 2 atom stereocenters. The summed E-state index contributed by atoms with van der Waals surface area (Å²) >= 11 is 0. The molecule has 1 aromatic carbocycles. The molecular weight excluding hydrogens is 198 g/mol. The first kappa shape index (κ1) is 11.5. The van der Waals surface area contributed by atoms with Crippen LogP contribution in [0.15, 0.2) is 24.3 Å². The Morgan fingerprint density at radius 2 is 2.06 bits per heavy atom. The standard InChI is InChI=1S/C14H21NO/c1-3-15(13-9-6-10-14(13)16)12-8-5-4-7-11(12)2/h4-5,7-8,13-14,16H,3,6,9-10H2,1-2H3/t13-,14-/m0/s1. The fourth-order valence-corrected chi connectivity index (χ4v) is 2.75. The van der Waals surface area contributed by atoms with Crippen molar-refractivity contribution in [1.82, 2.24) is 0 Å². The number of para-hydroxylation sites is 1. The second kappa shape index (κ2) is 4.88. The average molecular weight is 219 g/mol. The molecule has 1 N–H and O–H groups in total. The van der Waals surface area contributed by atoms with E-state index in [0.29, 0.717) is 6.04 Å². The zero-order valence-corrected chi connectivity index (χ0v) is 10.2. The van der Waals surface area contributed by atoms with Crippen molar-refractivity contribution in [2.45, 2.75) is 45.3 Å². The summed E-state index contributed by atoms with van der Waals surface area (Å²) in [7, 11) is 0. The number of rotatable bonds is 3. The predicted molar refractivity (Wildman–Crippen MR) is 67.8 cm³/mol. The molecule has 1 aromatic rings. The Hall–Kier alpha value is -1.02. The number of aliphatic hydroxyl groups is 1. The van der Waals surface area contributed by atoms with E-state index >= 15 is 0 Å². The van der Waals surface area contributed by atoms with Gasteiger partial charge in [-0.25, -0.2) is 0 Å². The minimum atomic E-state index is -0.153. The van der Waals surface area contributed by atoms with E-state index < -0.39 is 0 Å². The Bertz CT molecular complexity index is 350. The normalized spacial score (nSPS) is 24.7. The number of likely N-dealkylation sites (N-methyl/N-ethyl adjacent to an activating group) is 1. The molecule has 0 spiro atoms. The third kappa shape index (κ3) is 2.07. The van der Waals surface area contributed by atoms with Crippen molar-refractivity contribution in [3.8, 4) is 0 Å². The number of hydrogen-bond acceptors (Lipinski definition) is 2. The topological polar surface area (TPSA) is 23.5 Å². The lowest BCUT2D eigenvalue weighted by Crippen LogP contribution is -2.40. The molecule has 16 heavy (non-hydrogen) atoms. The molecule has 0 unspecified atom stereocenters. The first-order valence-electron chi connectivity index (χ1n) is 6.24. The van der Waals surface area contributed by atoms with Gasteiger partial charge in [-0.3, -0.25) is 0 Å². The highest BCUT2D eigenvalue weighted by atomic mass is 16.3. The van der Waals surface area contributed by atoms with Gasteiger partial charge in [0.15, 0.2) is 0 Å². The molecule has 1 saturated carbocycles. The van der Waals surface area contributed by atoms with E-state index in [-0.39, 0.29) is 6.10 Å². The van der Waals surface area contributed by atoms with E-state index in [2.05, 4.69) is 43.0 Å². The maximum Gasteiger partial charge on any atom is 0.0743 e. The fourth-order valence-electron chi connectivity index (χ4n) is 2.75. The number of aliphatic hydroxyl groups excluding tert-OH is 1. The van der Waals surface area contributed by atoms with E-state index in [4.69, 9.17) is 0 Å². The summed E-state index contributed by atoms with van der Waals surface area (Å²) < 4.78 is 0. The van der Waals surface area contributed by atoms with Crippen molar-refractivity contribution in [3.05, 3.63) is 29.8 Å². The lowest BCUT2D eigenvalue weighted by atomic mass is 10.1. The van der Waals surface area contributed by atoms with E-state index in [0.717, 1.165) is 25.8 Å². The van der Waals surface area contributed by atoms with Gasteiger partial charge in [-0.15, -0.1) is 0 Å². The van der Waals surface area contributed by atoms with Crippen molar-refractivity contribution in [3.63, 3.8) is 0 Å². The monoisotopic (exact) mass is 219 g/mol. The molecule has 2 rings (SSSR count). The van der Waals surface area contributed by atoms with Gasteiger partial charge < -0.3 is 10.0 Å². The quantitative estimate of drug-likeness (QED) is 0.845. The van der Waals surface area contributed by atoms with Crippen LogP contribution in [-0.2, 0) is 0 Å². The minimum absolute atomic E-state index is 0.153. The van der Waals surface area contributed by atoms with E-state index in [1.807, 2.05) is 0 Å². The van der Waals surface area contributed by atoms with Crippen LogP contribution in [0.5, 0.6) is 0 Å². The molecular formula is C14H21NO. The highest BCUT2D eigenvalue weighted by Gasteiger charge is 2.30. The average Bonchev–Trinajstić information content (AvgIpc) is 2.69. The van der Waals surface area contributed by atoms with Crippen LogP contribution in [0.2, 0.25) is 0 Å². The van der Waals surface area contributed by atoms with E-state index in [1.165, 1.54) is 11.3 Å². The third-order valence-electron chi connectivity index (χ3n) is 3.61. The first-order valence-corrected chi connectivity index (χ1v) is 6.24. The summed E-state index contributed by atoms with van der Waals surface area (Å²) in [6.07, 6.45) is 3.06. The Labute approximate surface area is 97.9 Å². The van der Waals surface area contributed by atoms with Gasteiger partial charge in [0.2, 0.25) is 0 Å². The molecule has 1 aliphatic carbocycles. The van der Waals surface area contributed by atoms with Gasteiger partial charge in [0.25, 0.3) is 0 Å². The number of nitrogens with zero attached hydrogens (tertiary/aromatic N) is 1. The summed E-state index contributed by atoms with van der Waals surface area (Å²) in [6.45, 7) is 5.27. The number of hydrogen-bond donors (Lipinski definition) is 1. The van der Waals surface area contributed by atoms with Crippen LogP contribution in [0.3, 0.4) is 0 Å². The molecule has 0 aromatic heterocycles. The summed E-state index contributed by atoms with van der Waals surface area (Å²) in [5.74, 6) is 0. The van der Waals surface area contributed by atoms with Gasteiger partial charge in [0.1, 0.15) is 0 Å². The highest BCUT2D eigenvalue weighted by Crippen LogP contribution is 2.30.